The molecule has 0 spiro atoms. The number of carboxylic acids is 1. The highest BCUT2D eigenvalue weighted by Gasteiger charge is 2.08. The van der Waals surface area contributed by atoms with Gasteiger partial charge in [-0.15, -0.1) is 11.3 Å². The van der Waals surface area contributed by atoms with E-state index in [0.717, 1.165) is 11.1 Å². The molecule has 9 heteroatoms. The maximum Gasteiger partial charge on any atom is 0.335 e. The summed E-state index contributed by atoms with van der Waals surface area (Å²) in [7, 11) is 0. The zero-order valence-corrected chi connectivity index (χ0v) is 16.3. The second kappa shape index (κ2) is 9.56. The lowest BCUT2D eigenvalue weighted by atomic mass is 10.1. The van der Waals surface area contributed by atoms with E-state index in [0.29, 0.717) is 23.1 Å². The highest BCUT2D eigenvalue weighted by molar-refractivity contribution is 7.13. The van der Waals surface area contributed by atoms with Crippen LogP contribution < -0.4 is 5.43 Å². The van der Waals surface area contributed by atoms with Gasteiger partial charge in [0.25, 0.3) is 0 Å². The van der Waals surface area contributed by atoms with E-state index < -0.39 is 5.97 Å². The van der Waals surface area contributed by atoms with Crippen LogP contribution in [0.25, 0.3) is 11.3 Å². The molecule has 0 aliphatic heterocycles. The molecule has 8 nitrogen and oxygen atoms in total. The Hall–Kier alpha value is -3.59. The topological polar surface area (TPSA) is 114 Å². The summed E-state index contributed by atoms with van der Waals surface area (Å²) in [5, 5.41) is 15.6. The summed E-state index contributed by atoms with van der Waals surface area (Å²) in [6.07, 6.45) is 3.24. The quantitative estimate of drug-likeness (QED) is 0.332. The monoisotopic (exact) mass is 410 g/mol. The summed E-state index contributed by atoms with van der Waals surface area (Å²) in [4.78, 5) is 31.0. The molecule has 1 aromatic carbocycles. The molecule has 2 heterocycles. The number of carbonyl (C=O) groups excluding carboxylic acids is 1. The van der Waals surface area contributed by atoms with Crippen molar-refractivity contribution in [2.24, 2.45) is 5.10 Å². The van der Waals surface area contributed by atoms with Crippen molar-refractivity contribution in [1.82, 2.24) is 9.97 Å². The van der Waals surface area contributed by atoms with Gasteiger partial charge in [-0.1, -0.05) is 24.3 Å². The molecule has 0 aliphatic carbocycles. The molecule has 0 bridgehead atoms. The predicted molar refractivity (Wildman–Crippen MR) is 110 cm³/mol. The summed E-state index contributed by atoms with van der Waals surface area (Å²) in [5.74, 6) is -1.30. The molecule has 0 saturated heterocycles. The number of pyridine rings is 1. The lowest BCUT2D eigenvalue weighted by Gasteiger charge is -2.02. The molecule has 0 radical (unpaired) electrons. The van der Waals surface area contributed by atoms with Crippen LogP contribution >= 0.6 is 11.3 Å². The number of carboxylic acid groups (broad SMARTS) is 1. The lowest BCUT2D eigenvalue weighted by molar-refractivity contribution is -0.142. The molecule has 0 unspecified atom stereocenters. The van der Waals surface area contributed by atoms with Gasteiger partial charge in [-0.05, 0) is 24.6 Å². The number of benzene rings is 1. The summed E-state index contributed by atoms with van der Waals surface area (Å²) in [6.45, 7) is 2.11. The van der Waals surface area contributed by atoms with Crippen LogP contribution in [0, 0.1) is 0 Å². The Morgan fingerprint density at radius 1 is 1.28 bits per heavy atom. The van der Waals surface area contributed by atoms with Crippen LogP contribution in [0.5, 0.6) is 0 Å². The zero-order valence-electron chi connectivity index (χ0n) is 15.5. The van der Waals surface area contributed by atoms with E-state index in [1.54, 1.807) is 18.5 Å². The Morgan fingerprint density at radius 2 is 2.07 bits per heavy atom. The number of hydrazone groups is 1. The fourth-order valence-corrected chi connectivity index (χ4v) is 3.08. The minimum Gasteiger partial charge on any atom is -0.478 e. The van der Waals surface area contributed by atoms with Gasteiger partial charge in [0, 0.05) is 17.1 Å². The minimum atomic E-state index is -0.990. The standard InChI is InChI=1S/C20H18N4O4S/c1-2-28-18(25)10-16-12-29-20(23-16)24-22-11-13-3-5-14(6-4-13)17-9-15(19(26)27)7-8-21-17/h3-9,11-12H,2,10H2,1H3,(H,23,24)(H,26,27). The van der Waals surface area contributed by atoms with Crippen molar-refractivity contribution in [3.05, 3.63) is 64.8 Å². The van der Waals surface area contributed by atoms with Gasteiger partial charge < -0.3 is 9.84 Å². The Kier molecular flexibility index (Phi) is 6.64. The number of aromatic carboxylic acids is 1. The van der Waals surface area contributed by atoms with Crippen LogP contribution in [0.1, 0.15) is 28.5 Å². The third kappa shape index (κ3) is 5.69. The van der Waals surface area contributed by atoms with E-state index in [4.69, 9.17) is 9.84 Å². The van der Waals surface area contributed by atoms with Gasteiger partial charge in [-0.3, -0.25) is 15.2 Å². The van der Waals surface area contributed by atoms with E-state index in [2.05, 4.69) is 20.5 Å². The fourth-order valence-electron chi connectivity index (χ4n) is 2.42. The minimum absolute atomic E-state index is 0.133. The predicted octanol–water partition coefficient (Wildman–Crippen LogP) is 3.45. The molecule has 3 rings (SSSR count). The molecular formula is C20H18N4O4S. The van der Waals surface area contributed by atoms with Crippen molar-refractivity contribution >= 4 is 34.6 Å². The molecule has 0 saturated carbocycles. The largest absolute Gasteiger partial charge is 0.478 e. The number of hydrogen-bond donors (Lipinski definition) is 2. The average Bonchev–Trinajstić information content (AvgIpc) is 3.16. The van der Waals surface area contributed by atoms with E-state index >= 15 is 0 Å². The summed E-state index contributed by atoms with van der Waals surface area (Å²) < 4.78 is 4.90. The molecule has 29 heavy (non-hydrogen) atoms. The smallest absolute Gasteiger partial charge is 0.335 e. The molecule has 148 valence electrons. The van der Waals surface area contributed by atoms with Crippen molar-refractivity contribution in [2.75, 3.05) is 12.0 Å². The van der Waals surface area contributed by atoms with Crippen molar-refractivity contribution in [3.63, 3.8) is 0 Å². The number of esters is 1. The highest BCUT2D eigenvalue weighted by atomic mass is 32.1. The Labute approximate surface area is 170 Å². The van der Waals surface area contributed by atoms with E-state index in [1.807, 2.05) is 24.3 Å². The van der Waals surface area contributed by atoms with E-state index in [1.165, 1.54) is 29.7 Å². The van der Waals surface area contributed by atoms with Crippen molar-refractivity contribution in [2.45, 2.75) is 13.3 Å². The maximum atomic E-state index is 11.5. The third-order valence-electron chi connectivity index (χ3n) is 3.77. The Bertz CT molecular complexity index is 1030. The van der Waals surface area contributed by atoms with Crippen LogP contribution in [-0.2, 0) is 16.0 Å². The Morgan fingerprint density at radius 3 is 2.79 bits per heavy atom. The van der Waals surface area contributed by atoms with Crippen molar-refractivity contribution < 1.29 is 19.4 Å². The molecular weight excluding hydrogens is 392 g/mol. The van der Waals surface area contributed by atoms with Gasteiger partial charge in [0.15, 0.2) is 0 Å². The number of nitrogens with one attached hydrogen (secondary N) is 1. The molecule has 0 amide bonds. The number of aromatic nitrogens is 2. The van der Waals surface area contributed by atoms with Crippen LogP contribution in [0.15, 0.2) is 53.1 Å². The van der Waals surface area contributed by atoms with Crippen molar-refractivity contribution in [1.29, 1.82) is 0 Å². The van der Waals surface area contributed by atoms with E-state index in [9.17, 15) is 9.59 Å². The first kappa shape index (κ1) is 20.2. The number of anilines is 1. The normalized spacial score (nSPS) is 10.8. The second-order valence-electron chi connectivity index (χ2n) is 5.85. The maximum absolute atomic E-state index is 11.5. The number of ether oxygens (including phenoxy) is 1. The van der Waals surface area contributed by atoms with Crippen LogP contribution in [0.4, 0.5) is 5.13 Å². The number of nitrogens with zero attached hydrogens (tertiary/aromatic N) is 3. The molecule has 0 fully saturated rings. The van der Waals surface area contributed by atoms with E-state index in [-0.39, 0.29) is 18.0 Å². The average molecular weight is 410 g/mol. The number of hydrogen-bond acceptors (Lipinski definition) is 8. The summed E-state index contributed by atoms with van der Waals surface area (Å²) in [5.41, 5.74) is 5.89. The number of carbonyl (C=O) groups is 2. The molecule has 2 N–H and O–H groups in total. The number of rotatable bonds is 8. The molecule has 2 aromatic heterocycles. The fraction of sp³-hybridized carbons (Fsp3) is 0.150. The second-order valence-corrected chi connectivity index (χ2v) is 6.71. The molecule has 0 atom stereocenters. The SMILES string of the molecule is CCOC(=O)Cc1csc(NN=Cc2ccc(-c3cc(C(=O)O)ccn3)cc2)n1. The Balaban J connectivity index is 1.59. The lowest BCUT2D eigenvalue weighted by Crippen LogP contribution is -2.07. The summed E-state index contributed by atoms with van der Waals surface area (Å²) in [6, 6.07) is 10.4. The van der Waals surface area contributed by atoms with Gasteiger partial charge in [-0.25, -0.2) is 9.78 Å². The first-order chi connectivity index (χ1) is 14.0. The highest BCUT2D eigenvalue weighted by Crippen LogP contribution is 2.19. The summed E-state index contributed by atoms with van der Waals surface area (Å²) >= 11 is 1.35. The first-order valence-electron chi connectivity index (χ1n) is 8.74. The van der Waals surface area contributed by atoms with Crippen molar-refractivity contribution in [3.8, 4) is 11.3 Å². The van der Waals surface area contributed by atoms with Crippen LogP contribution in [-0.4, -0.2) is 39.8 Å². The van der Waals surface area contributed by atoms with Gasteiger partial charge >= 0.3 is 11.9 Å². The third-order valence-corrected chi connectivity index (χ3v) is 4.57. The van der Waals surface area contributed by atoms with Gasteiger partial charge in [0.1, 0.15) is 0 Å². The van der Waals surface area contributed by atoms with Crippen LogP contribution in [0.3, 0.4) is 0 Å². The number of thiazole rings is 1. The van der Waals surface area contributed by atoms with Gasteiger partial charge in [0.2, 0.25) is 5.13 Å². The first-order valence-corrected chi connectivity index (χ1v) is 9.62. The van der Waals surface area contributed by atoms with Crippen LogP contribution in [0.2, 0.25) is 0 Å². The van der Waals surface area contributed by atoms with Gasteiger partial charge in [-0.2, -0.15) is 5.10 Å². The van der Waals surface area contributed by atoms with Gasteiger partial charge in [0.05, 0.1) is 36.2 Å². The molecule has 0 aliphatic rings. The zero-order chi connectivity index (χ0) is 20.6. The molecule has 3 aromatic rings.